The first-order chi connectivity index (χ1) is 6.78. The van der Waals surface area contributed by atoms with E-state index in [0.717, 1.165) is 0 Å². The number of carbonyl (C=O) groups is 4. The fourth-order valence-electron chi connectivity index (χ4n) is 0.684. The van der Waals surface area contributed by atoms with Crippen molar-refractivity contribution in [3.63, 3.8) is 0 Å². The Morgan fingerprint density at radius 3 is 1.22 bits per heavy atom. The second-order valence-corrected chi connectivity index (χ2v) is 2.42. The van der Waals surface area contributed by atoms with Gasteiger partial charge in [0.25, 0.3) is 0 Å². The molecule has 0 unspecified atom stereocenters. The van der Waals surface area contributed by atoms with E-state index in [4.69, 9.17) is 9.90 Å². The maximum Gasteiger partial charge on any atom is 1.00 e. The van der Waals surface area contributed by atoms with Crippen LogP contribution in [0.3, 0.4) is 0 Å². The molecule has 0 bridgehead atoms. The van der Waals surface area contributed by atoms with E-state index in [2.05, 4.69) is 0 Å². The van der Waals surface area contributed by atoms with E-state index >= 15 is 0 Å². The molecule has 11 heteroatoms. The van der Waals surface area contributed by atoms with Crippen molar-refractivity contribution < 1.29 is 128 Å². The van der Waals surface area contributed by atoms with E-state index < -0.39 is 36.4 Å². The summed E-state index contributed by atoms with van der Waals surface area (Å²) >= 11 is 0. The summed E-state index contributed by atoms with van der Waals surface area (Å²) in [6, 6.07) is 0. The number of hydrogen-bond acceptors (Lipinski definition) is 8. The Morgan fingerprint density at radius 1 is 0.889 bits per heavy atom. The van der Waals surface area contributed by atoms with Gasteiger partial charge in [0.15, 0.2) is 0 Å². The molecule has 0 amide bonds. The summed E-state index contributed by atoms with van der Waals surface area (Å²) in [6.45, 7) is 2.00. The molecule has 8 nitrogen and oxygen atoms in total. The number of rotatable bonds is 5. The van der Waals surface area contributed by atoms with E-state index in [1.54, 1.807) is 0 Å². The Kier molecular flexibility index (Phi) is 28.1. The van der Waals surface area contributed by atoms with E-state index in [0.29, 0.717) is 0 Å². The summed E-state index contributed by atoms with van der Waals surface area (Å²) in [5, 5.41) is 38.9. The normalized spacial score (nSPS) is 8.06. The second kappa shape index (κ2) is 16.1. The Morgan fingerprint density at radius 2 is 1.11 bits per heavy atom. The summed E-state index contributed by atoms with van der Waals surface area (Å²) in [7, 11) is 0. The quantitative estimate of drug-likeness (QED) is 0.488. The molecule has 0 aromatic heterocycles. The first-order valence-electron chi connectivity index (χ1n) is 3.40. The van der Waals surface area contributed by atoms with Crippen molar-refractivity contribution in [1.29, 1.82) is 0 Å². The van der Waals surface area contributed by atoms with Gasteiger partial charge in [-0.05, 0) is 0 Å². The van der Waals surface area contributed by atoms with Gasteiger partial charge in [0.05, 0.1) is 5.97 Å². The van der Waals surface area contributed by atoms with Crippen LogP contribution in [0.25, 0.3) is 0 Å². The van der Waals surface area contributed by atoms with Gasteiger partial charge >= 0.3 is 88.7 Å². The van der Waals surface area contributed by atoms with Crippen LogP contribution in [0.1, 0.15) is 12.8 Å². The van der Waals surface area contributed by atoms with E-state index in [1.165, 1.54) is 0 Å². The summed E-state index contributed by atoms with van der Waals surface area (Å²) < 4.78 is 0. The van der Waals surface area contributed by atoms with Gasteiger partial charge < -0.3 is 39.6 Å². The SMILES string of the molecule is C=O.O=C([O-])CC(O)(CC(=O)[O-])C(=O)[O-].[Na+].[Na+].[Na+]. The van der Waals surface area contributed by atoms with Crippen LogP contribution in [-0.2, 0) is 19.2 Å². The number of aliphatic carboxylic acids is 3. The van der Waals surface area contributed by atoms with Gasteiger partial charge in [0.1, 0.15) is 12.4 Å². The molecule has 0 aromatic carbocycles. The van der Waals surface area contributed by atoms with Gasteiger partial charge in [-0.15, -0.1) is 0 Å². The number of aliphatic hydroxyl groups is 1. The number of carboxylic acids is 3. The molecule has 0 heterocycles. The second-order valence-electron chi connectivity index (χ2n) is 2.42. The third-order valence-corrected chi connectivity index (χ3v) is 1.25. The predicted molar refractivity (Wildman–Crippen MR) is 36.3 cm³/mol. The van der Waals surface area contributed by atoms with Crippen LogP contribution < -0.4 is 104 Å². The fourth-order valence-corrected chi connectivity index (χ4v) is 0.684. The zero-order valence-electron chi connectivity index (χ0n) is 10.4. The third-order valence-electron chi connectivity index (χ3n) is 1.25. The fraction of sp³-hybridized carbons (Fsp3) is 0.429. The molecule has 86 valence electrons. The molecule has 0 aromatic rings. The first kappa shape index (κ1) is 31.4. The van der Waals surface area contributed by atoms with Crippen LogP contribution in [0.5, 0.6) is 0 Å². The van der Waals surface area contributed by atoms with Crippen LogP contribution >= 0.6 is 0 Å². The van der Waals surface area contributed by atoms with Crippen molar-refractivity contribution in [3.05, 3.63) is 0 Å². The zero-order valence-corrected chi connectivity index (χ0v) is 16.4. The van der Waals surface area contributed by atoms with Gasteiger partial charge in [0.2, 0.25) is 0 Å². The van der Waals surface area contributed by atoms with Crippen molar-refractivity contribution in [2.75, 3.05) is 0 Å². The minimum absolute atomic E-state index is 0. The van der Waals surface area contributed by atoms with Gasteiger partial charge in [-0.25, -0.2) is 0 Å². The first-order valence-corrected chi connectivity index (χ1v) is 3.40. The maximum atomic E-state index is 10.1. The topological polar surface area (TPSA) is 158 Å². The minimum Gasteiger partial charge on any atom is -0.550 e. The van der Waals surface area contributed by atoms with E-state index in [9.17, 15) is 29.7 Å². The van der Waals surface area contributed by atoms with Crippen molar-refractivity contribution in [1.82, 2.24) is 0 Å². The van der Waals surface area contributed by atoms with E-state index in [1.807, 2.05) is 6.79 Å². The third kappa shape index (κ3) is 15.1. The summed E-state index contributed by atoms with van der Waals surface area (Å²) in [6.07, 6.45) is -2.72. The Labute approximate surface area is 169 Å². The average Bonchev–Trinajstić information content (AvgIpc) is 2.04. The molecule has 1 N–H and O–H groups in total. The molecule has 0 saturated carbocycles. The van der Waals surface area contributed by atoms with E-state index in [-0.39, 0.29) is 88.7 Å². The van der Waals surface area contributed by atoms with Crippen molar-refractivity contribution in [2.45, 2.75) is 18.4 Å². The van der Waals surface area contributed by atoms with Crippen molar-refractivity contribution >= 4 is 24.7 Å². The number of hydrogen-bond donors (Lipinski definition) is 1. The van der Waals surface area contributed by atoms with Crippen LogP contribution in [-0.4, -0.2) is 35.4 Å². The molecule has 0 spiro atoms. The minimum atomic E-state index is -2.97. The molecule has 0 aliphatic rings. The Hall–Kier alpha value is 1.04. The average molecular weight is 288 g/mol. The van der Waals surface area contributed by atoms with Crippen LogP contribution in [0.2, 0.25) is 0 Å². The van der Waals surface area contributed by atoms with Crippen LogP contribution in [0.15, 0.2) is 0 Å². The molecule has 0 saturated heterocycles. The van der Waals surface area contributed by atoms with Gasteiger partial charge in [-0.1, -0.05) is 0 Å². The smallest absolute Gasteiger partial charge is 0.550 e. The predicted octanol–water partition coefficient (Wildman–Crippen LogP) is -14.4. The maximum absolute atomic E-state index is 10.1. The van der Waals surface area contributed by atoms with Crippen molar-refractivity contribution in [3.8, 4) is 0 Å². The van der Waals surface area contributed by atoms with Crippen molar-refractivity contribution in [2.24, 2.45) is 0 Å². The molecule has 0 aliphatic carbocycles. The number of carboxylic acid groups (broad SMARTS) is 3. The summed E-state index contributed by atoms with van der Waals surface area (Å²) in [5.41, 5.74) is -2.97. The number of carbonyl (C=O) groups excluding carboxylic acids is 4. The molecular formula is C7H7Na3O8. The zero-order chi connectivity index (χ0) is 12.6. The van der Waals surface area contributed by atoms with Crippen LogP contribution in [0.4, 0.5) is 0 Å². The molecule has 18 heavy (non-hydrogen) atoms. The van der Waals surface area contributed by atoms with Crippen LogP contribution in [0, 0.1) is 0 Å². The largest absolute Gasteiger partial charge is 1.00 e. The van der Waals surface area contributed by atoms with Gasteiger partial charge in [-0.3, -0.25) is 0 Å². The molecule has 0 fully saturated rings. The summed E-state index contributed by atoms with van der Waals surface area (Å²) in [4.78, 5) is 38.0. The Balaban J connectivity index is -0.000000107. The molecule has 0 rings (SSSR count). The Bertz CT molecular complexity index is 253. The molecular weight excluding hydrogens is 281 g/mol. The molecule has 0 atom stereocenters. The standard InChI is InChI=1S/C6H8O7.CH2O.3Na/c7-3(8)1-6(13,5(11)12)2-4(9)10;1-2;;;/h13H,1-2H2,(H,7,8)(H,9,10)(H,11,12);1H2;;;/q;;3*+1/p-3. The summed E-state index contributed by atoms with van der Waals surface area (Å²) in [5.74, 6) is -5.98. The monoisotopic (exact) mass is 288 g/mol. The molecule has 0 aliphatic heterocycles. The molecule has 0 radical (unpaired) electrons. The van der Waals surface area contributed by atoms with Gasteiger partial charge in [0, 0.05) is 24.8 Å². The van der Waals surface area contributed by atoms with Gasteiger partial charge in [-0.2, -0.15) is 0 Å².